The number of methoxy groups -OCH3 is 1. The van der Waals surface area contributed by atoms with E-state index in [-0.39, 0.29) is 83.0 Å². The number of fused-ring (bicyclic) bond motifs is 4. The van der Waals surface area contributed by atoms with Gasteiger partial charge in [0.05, 0.1) is 30.6 Å². The topological polar surface area (TPSA) is 225 Å². The van der Waals surface area contributed by atoms with Crippen molar-refractivity contribution in [3.63, 3.8) is 0 Å². The number of alkyl halides is 6. The normalized spacial score (nSPS) is 21.7. The molecule has 81 heavy (non-hydrogen) atoms. The summed E-state index contributed by atoms with van der Waals surface area (Å²) in [7, 11) is 1.24. The van der Waals surface area contributed by atoms with Gasteiger partial charge in [0.2, 0.25) is 11.8 Å². The number of carbonyl (C=O) groups is 4. The fraction of sp³-hybridized carbons (Fsp3) is 0.418. The molecule has 6 aliphatic rings. The molecule has 426 valence electrons. The molecule has 12 rings (SSSR count). The predicted molar refractivity (Wildman–Crippen MR) is 270 cm³/mol. The fourth-order valence-corrected chi connectivity index (χ4v) is 11.9. The van der Waals surface area contributed by atoms with Crippen molar-refractivity contribution in [1.29, 1.82) is 0 Å². The van der Waals surface area contributed by atoms with Crippen molar-refractivity contribution in [2.24, 2.45) is 11.8 Å². The number of anilines is 4. The van der Waals surface area contributed by atoms with Gasteiger partial charge in [-0.3, -0.25) is 19.6 Å². The maximum absolute atomic E-state index is 13.3. The van der Waals surface area contributed by atoms with E-state index >= 15 is 0 Å². The molecule has 0 spiro atoms. The Labute approximate surface area is 457 Å². The van der Waals surface area contributed by atoms with Crippen LogP contribution in [-0.2, 0) is 23.8 Å². The molecular formula is C55H52F6N8O12. The third kappa shape index (κ3) is 11.7. The van der Waals surface area contributed by atoms with Gasteiger partial charge >= 0.3 is 48.9 Å². The highest BCUT2D eigenvalue weighted by Crippen LogP contribution is 2.56. The summed E-state index contributed by atoms with van der Waals surface area (Å²) < 4.78 is 112. The van der Waals surface area contributed by atoms with Crippen LogP contribution in [0.1, 0.15) is 87.4 Å². The number of hydrogen-bond donors (Lipinski definition) is 1. The molecule has 0 bridgehead atoms. The van der Waals surface area contributed by atoms with Gasteiger partial charge in [0.1, 0.15) is 11.5 Å². The van der Waals surface area contributed by atoms with Crippen LogP contribution in [0.4, 0.5) is 59.3 Å². The quantitative estimate of drug-likeness (QED) is 0.0608. The molecule has 26 heteroatoms. The van der Waals surface area contributed by atoms with Crippen LogP contribution in [0.3, 0.4) is 0 Å². The first-order valence-corrected chi connectivity index (χ1v) is 26.3. The number of esters is 1. The molecular weight excluding hydrogens is 1080 g/mol. The third-order valence-electron chi connectivity index (χ3n) is 15.2. The highest BCUT2D eigenvalue weighted by atomic mass is 19.4. The Morgan fingerprint density at radius 3 is 1.42 bits per heavy atom. The molecule has 2 amide bonds. The minimum Gasteiger partial charge on any atom is -0.479 e. The van der Waals surface area contributed by atoms with Crippen LogP contribution in [0, 0.1) is 11.8 Å². The molecule has 4 aliphatic carbocycles. The number of halogens is 6. The Hall–Kier alpha value is -8.58. The average molecular weight is 1130 g/mol. The van der Waals surface area contributed by atoms with E-state index in [0.717, 1.165) is 86.7 Å². The van der Waals surface area contributed by atoms with Gasteiger partial charge in [-0.15, -0.1) is 36.5 Å². The number of nitrogens with zero attached hydrogens (tertiary/aromatic N) is 8. The van der Waals surface area contributed by atoms with Gasteiger partial charge < -0.3 is 37.6 Å². The van der Waals surface area contributed by atoms with Gasteiger partial charge in [-0.25, -0.2) is 19.2 Å². The molecule has 6 atom stereocenters. The van der Waals surface area contributed by atoms with E-state index in [1.165, 1.54) is 43.5 Å². The minimum atomic E-state index is -4.83. The van der Waals surface area contributed by atoms with Gasteiger partial charge in [-0.2, -0.15) is 0 Å². The van der Waals surface area contributed by atoms with Gasteiger partial charge in [0.15, 0.2) is 13.2 Å². The molecule has 2 aromatic heterocycles. The van der Waals surface area contributed by atoms with Crippen LogP contribution in [0.25, 0.3) is 22.9 Å². The van der Waals surface area contributed by atoms with Crippen LogP contribution >= 0.6 is 0 Å². The molecule has 1 N–H and O–H groups in total. The summed E-state index contributed by atoms with van der Waals surface area (Å²) in [5, 5.41) is 25.8. The van der Waals surface area contributed by atoms with Crippen molar-refractivity contribution in [3.8, 4) is 34.4 Å². The summed E-state index contributed by atoms with van der Waals surface area (Å²) in [4.78, 5) is 56.6. The Morgan fingerprint density at radius 1 is 0.580 bits per heavy atom. The van der Waals surface area contributed by atoms with Crippen LogP contribution in [0.15, 0.2) is 106 Å². The number of aromatic nitrogens is 4. The number of aliphatic carboxylic acids is 1. The Balaban J connectivity index is 0.000000170. The minimum absolute atomic E-state index is 0.00667. The lowest BCUT2D eigenvalue weighted by atomic mass is 9.82. The second kappa shape index (κ2) is 22.2. The van der Waals surface area contributed by atoms with Gasteiger partial charge in [-0.1, -0.05) is 71.6 Å². The van der Waals surface area contributed by atoms with E-state index in [9.17, 15) is 45.5 Å². The van der Waals surface area contributed by atoms with Crippen LogP contribution in [0.2, 0.25) is 0 Å². The standard InChI is InChI=1S/C28H27F3N4O6.C27H25F3N4O6/c1-38-23(36)15-39-27(37)34(17-12-13-17)24-19-8-2-3-10-21(19)35(22-11-5-9-20(22)24)26-33-32-25(40-26)16-6-4-7-18(14-16)41-28(29,30)31;28-27(29,30)40-17-6-3-5-15(13-17)24-31-32-25(39-24)34-20-9-2-1-7-18(20)23(19-8-4-10-21(19)34)33(16-11-12-16)26(37)38-14-22(35)36/h2-4,6-8,10,14,17,20,22,24H,5,9,11-13,15H2,1H3;1-3,5-7,9,13,16,19,21,23H,4,8,10-12,14H2,(H,35,36). The maximum Gasteiger partial charge on any atom is 0.573 e. The highest BCUT2D eigenvalue weighted by Gasteiger charge is 2.54. The fourth-order valence-electron chi connectivity index (χ4n) is 11.9. The van der Waals surface area contributed by atoms with Gasteiger partial charge in [-0.05, 0) is 111 Å². The number of hydrogen-bond acceptors (Lipinski definition) is 17. The Morgan fingerprint density at radius 2 is 1.01 bits per heavy atom. The van der Waals surface area contributed by atoms with Gasteiger partial charge in [0, 0.05) is 47.1 Å². The zero-order chi connectivity index (χ0) is 56.7. The number of ether oxygens (including phenoxy) is 5. The average Bonchev–Trinajstić information content (AvgIpc) is 4.16. The summed E-state index contributed by atoms with van der Waals surface area (Å²) >= 11 is 0. The number of rotatable bonds is 14. The lowest BCUT2D eigenvalue weighted by Gasteiger charge is -2.46. The smallest absolute Gasteiger partial charge is 0.479 e. The summed E-state index contributed by atoms with van der Waals surface area (Å²) in [6.07, 6.45) is -2.53. The van der Waals surface area contributed by atoms with E-state index in [1.54, 1.807) is 21.9 Å². The molecule has 20 nitrogen and oxygen atoms in total. The number of carboxylic acid groups (broad SMARTS) is 1. The van der Waals surface area contributed by atoms with Crippen molar-refractivity contribution in [2.75, 3.05) is 30.1 Å². The van der Waals surface area contributed by atoms with E-state index in [2.05, 4.69) is 34.6 Å². The summed E-state index contributed by atoms with van der Waals surface area (Å²) in [6.45, 7) is -1.18. The lowest BCUT2D eigenvalue weighted by molar-refractivity contribution is -0.275. The molecule has 6 aromatic rings. The van der Waals surface area contributed by atoms with Crippen molar-refractivity contribution in [3.05, 3.63) is 108 Å². The molecule has 0 saturated heterocycles. The molecule has 6 unspecified atom stereocenters. The highest BCUT2D eigenvalue weighted by molar-refractivity contribution is 5.78. The number of carbonyl (C=O) groups excluding carboxylic acids is 3. The van der Waals surface area contributed by atoms with Crippen molar-refractivity contribution < 1.29 is 83.1 Å². The zero-order valence-corrected chi connectivity index (χ0v) is 43.1. The molecule has 4 fully saturated rings. The number of para-hydroxylation sites is 2. The largest absolute Gasteiger partial charge is 0.573 e. The SMILES string of the molecule is COC(=O)COC(=O)N(C1CC1)C1c2ccccc2N(c2nnc(-c3cccc(OC(F)(F)F)c3)o2)C2CCCC21.O=C(O)COC(=O)N(C1CC1)C1c2ccccc2N(c2nnc(-c3cccc(OC(F)(F)F)c3)o2)C2CCCC21. The van der Waals surface area contributed by atoms with E-state index in [1.807, 2.05) is 58.3 Å². The van der Waals surface area contributed by atoms with E-state index in [0.29, 0.717) is 0 Å². The van der Waals surface area contributed by atoms with Crippen molar-refractivity contribution >= 4 is 47.5 Å². The molecule has 0 radical (unpaired) electrons. The first-order chi connectivity index (χ1) is 38.9. The van der Waals surface area contributed by atoms with Crippen molar-refractivity contribution in [2.45, 2.75) is 113 Å². The monoisotopic (exact) mass is 1130 g/mol. The van der Waals surface area contributed by atoms with Crippen LogP contribution in [0.5, 0.6) is 11.5 Å². The predicted octanol–water partition coefficient (Wildman–Crippen LogP) is 11.5. The summed E-state index contributed by atoms with van der Waals surface area (Å²) in [5.41, 5.74) is 3.84. The molecule has 4 saturated carbocycles. The van der Waals surface area contributed by atoms with Crippen molar-refractivity contribution in [1.82, 2.24) is 30.2 Å². The lowest BCUT2D eigenvalue weighted by Crippen LogP contribution is -2.49. The maximum atomic E-state index is 13.3. The number of benzene rings is 4. The first kappa shape index (κ1) is 54.4. The third-order valence-corrected chi connectivity index (χ3v) is 15.2. The van der Waals surface area contributed by atoms with Crippen LogP contribution in [-0.4, -0.2) is 117 Å². The second-order valence-electron chi connectivity index (χ2n) is 20.4. The number of carboxylic acids is 1. The van der Waals surface area contributed by atoms with E-state index < -0.39 is 61.6 Å². The van der Waals surface area contributed by atoms with E-state index in [4.69, 9.17) is 23.4 Å². The molecule has 4 heterocycles. The Bertz CT molecular complexity index is 3300. The molecule has 2 aliphatic heterocycles. The van der Waals surface area contributed by atoms with Crippen LogP contribution < -0.4 is 19.3 Å². The first-order valence-electron chi connectivity index (χ1n) is 26.3. The summed E-state index contributed by atoms with van der Waals surface area (Å²) in [5.74, 6) is -2.58. The number of amides is 2. The summed E-state index contributed by atoms with van der Waals surface area (Å²) in [6, 6.07) is 25.5. The second-order valence-corrected chi connectivity index (χ2v) is 20.4. The zero-order valence-electron chi connectivity index (χ0n) is 43.1. The van der Waals surface area contributed by atoms with Gasteiger partial charge in [0.25, 0.3) is 0 Å². The molecule has 4 aromatic carbocycles. The Kier molecular flexibility index (Phi) is 14.9.